The average Bonchev–Trinajstić information content (AvgIpc) is 1.20. The molecular formula is K2O6P2. The van der Waals surface area contributed by atoms with Crippen molar-refractivity contribution < 1.29 is 130 Å². The van der Waals surface area contributed by atoms with E-state index >= 15 is 0 Å². The standard InChI is InChI=1S/2K.H2O6P2/c;;1-7(2)5-8(3,4)6-7/h;;(H,1,2)(H,3,4)/q2*+1;/p-2. The molecule has 0 atom stereocenters. The van der Waals surface area contributed by atoms with Gasteiger partial charge in [0.2, 0.25) is 0 Å². The van der Waals surface area contributed by atoms with Crippen molar-refractivity contribution in [2.24, 2.45) is 0 Å². The van der Waals surface area contributed by atoms with E-state index in [0.29, 0.717) is 0 Å². The molecule has 0 unspecified atom stereocenters. The van der Waals surface area contributed by atoms with Gasteiger partial charge in [0.25, 0.3) is 15.6 Å². The van der Waals surface area contributed by atoms with E-state index in [4.69, 9.17) is 0 Å². The fourth-order valence-corrected chi connectivity index (χ4v) is 2.26. The predicted octanol–water partition coefficient (Wildman–Crippen LogP) is -7.02. The van der Waals surface area contributed by atoms with Crippen molar-refractivity contribution in [3.05, 3.63) is 0 Å². The topological polar surface area (TPSA) is 98.7 Å². The summed E-state index contributed by atoms with van der Waals surface area (Å²) in [4.78, 5) is 19.4. The van der Waals surface area contributed by atoms with Gasteiger partial charge in [-0.05, 0) is 0 Å². The monoisotopic (exact) mass is 236 g/mol. The Morgan fingerprint density at radius 2 is 1.10 bits per heavy atom. The minimum absolute atomic E-state index is 0. The van der Waals surface area contributed by atoms with Gasteiger partial charge < -0.3 is 9.79 Å². The summed E-state index contributed by atoms with van der Waals surface area (Å²) >= 11 is 0. The maximum atomic E-state index is 9.71. The largest absolute Gasteiger partial charge is 1.00 e. The Morgan fingerprint density at radius 1 is 0.900 bits per heavy atom. The van der Waals surface area contributed by atoms with Crippen LogP contribution in [0.2, 0.25) is 0 Å². The smallest absolute Gasteiger partial charge is 0.756 e. The van der Waals surface area contributed by atoms with Crippen molar-refractivity contribution in [1.29, 1.82) is 0 Å². The average molecular weight is 236 g/mol. The number of hydrogen-bond acceptors (Lipinski definition) is 6. The van der Waals surface area contributed by atoms with E-state index in [9.17, 15) is 18.9 Å². The van der Waals surface area contributed by atoms with Crippen molar-refractivity contribution in [3.8, 4) is 0 Å². The fraction of sp³-hybridized carbons (Fsp3) is 0. The molecule has 6 nitrogen and oxygen atoms in total. The Kier molecular flexibility index (Phi) is 8.74. The SMILES string of the molecule is O=P1([O-])OP(=O)([O-])O1.[K+].[K+]. The quantitative estimate of drug-likeness (QED) is 0.306. The van der Waals surface area contributed by atoms with Crippen molar-refractivity contribution >= 4 is 15.6 Å². The van der Waals surface area contributed by atoms with Crippen LogP contribution in [0.4, 0.5) is 0 Å². The molecule has 0 aliphatic carbocycles. The van der Waals surface area contributed by atoms with E-state index in [1.807, 2.05) is 0 Å². The van der Waals surface area contributed by atoms with Crippen LogP contribution in [-0.4, -0.2) is 0 Å². The van der Waals surface area contributed by atoms with E-state index in [1.165, 1.54) is 0 Å². The van der Waals surface area contributed by atoms with Gasteiger partial charge in [-0.25, -0.2) is 8.62 Å². The minimum Gasteiger partial charge on any atom is -0.756 e. The van der Waals surface area contributed by atoms with Gasteiger partial charge in [0.15, 0.2) is 0 Å². The summed E-state index contributed by atoms with van der Waals surface area (Å²) in [6, 6.07) is 0. The summed E-state index contributed by atoms with van der Waals surface area (Å²) in [5.74, 6) is 0. The van der Waals surface area contributed by atoms with E-state index in [0.717, 1.165) is 0 Å². The molecule has 0 aromatic rings. The van der Waals surface area contributed by atoms with Crippen LogP contribution in [0.5, 0.6) is 0 Å². The summed E-state index contributed by atoms with van der Waals surface area (Å²) < 4.78 is 26.0. The van der Waals surface area contributed by atoms with Gasteiger partial charge in [-0.3, -0.25) is 9.13 Å². The Hall–Kier alpha value is 3.57. The second-order valence-corrected chi connectivity index (χ2v) is 4.15. The zero-order valence-corrected chi connectivity index (χ0v) is 13.4. The van der Waals surface area contributed by atoms with Crippen LogP contribution >= 0.6 is 15.6 Å². The second-order valence-electron chi connectivity index (χ2n) is 1.06. The van der Waals surface area contributed by atoms with Gasteiger partial charge in [0.1, 0.15) is 0 Å². The van der Waals surface area contributed by atoms with Crippen LogP contribution in [0.3, 0.4) is 0 Å². The zero-order valence-electron chi connectivity index (χ0n) is 5.34. The molecule has 0 N–H and O–H groups in total. The molecule has 1 aliphatic heterocycles. The molecule has 1 aliphatic rings. The summed E-state index contributed by atoms with van der Waals surface area (Å²) in [6.07, 6.45) is 0. The molecule has 0 aromatic carbocycles. The molecule has 1 rings (SSSR count). The fourth-order valence-electron chi connectivity index (χ4n) is 0.251. The van der Waals surface area contributed by atoms with Crippen LogP contribution < -0.4 is 113 Å². The van der Waals surface area contributed by atoms with E-state index in [1.54, 1.807) is 0 Å². The first kappa shape index (κ1) is 16.0. The first-order valence-electron chi connectivity index (χ1n) is 1.46. The van der Waals surface area contributed by atoms with Crippen LogP contribution in [0.1, 0.15) is 0 Å². The maximum Gasteiger partial charge on any atom is 1.00 e. The number of rotatable bonds is 0. The molecule has 10 heteroatoms. The number of hydrogen-bond donors (Lipinski definition) is 0. The summed E-state index contributed by atoms with van der Waals surface area (Å²) in [5.41, 5.74) is 0. The summed E-state index contributed by atoms with van der Waals surface area (Å²) in [7, 11) is -8.83. The molecule has 0 amide bonds. The van der Waals surface area contributed by atoms with Gasteiger partial charge in [0.05, 0.1) is 0 Å². The Morgan fingerprint density at radius 3 is 1.10 bits per heavy atom. The van der Waals surface area contributed by atoms with Gasteiger partial charge in [-0.15, -0.1) is 0 Å². The predicted molar refractivity (Wildman–Crippen MR) is 17.4 cm³/mol. The van der Waals surface area contributed by atoms with Crippen molar-refractivity contribution in [1.82, 2.24) is 0 Å². The molecule has 1 heterocycles. The summed E-state index contributed by atoms with van der Waals surface area (Å²) in [5, 5.41) is 0. The van der Waals surface area contributed by atoms with Crippen LogP contribution in [0.15, 0.2) is 0 Å². The van der Waals surface area contributed by atoms with Crippen LogP contribution in [0.25, 0.3) is 0 Å². The molecule has 0 spiro atoms. The maximum absolute atomic E-state index is 9.71. The van der Waals surface area contributed by atoms with Gasteiger partial charge in [-0.1, -0.05) is 0 Å². The molecule has 10 heavy (non-hydrogen) atoms. The first-order chi connectivity index (χ1) is 3.41. The van der Waals surface area contributed by atoms with Gasteiger partial charge >= 0.3 is 103 Å². The third kappa shape index (κ3) is 5.33. The molecule has 48 valence electrons. The van der Waals surface area contributed by atoms with Crippen LogP contribution in [-0.2, 0) is 17.8 Å². The van der Waals surface area contributed by atoms with Crippen molar-refractivity contribution in [2.45, 2.75) is 0 Å². The molecule has 1 fully saturated rings. The normalized spacial score (nSPS) is 44.2. The summed E-state index contributed by atoms with van der Waals surface area (Å²) in [6.45, 7) is 0. The van der Waals surface area contributed by atoms with E-state index < -0.39 is 15.6 Å². The number of phosphoric acid groups is 2. The van der Waals surface area contributed by atoms with Crippen molar-refractivity contribution in [2.75, 3.05) is 0 Å². The molecular weight excluding hydrogens is 236 g/mol. The molecule has 0 saturated carbocycles. The zero-order chi connectivity index (χ0) is 6.41. The van der Waals surface area contributed by atoms with E-state index in [-0.39, 0.29) is 103 Å². The van der Waals surface area contributed by atoms with Gasteiger partial charge in [-0.2, -0.15) is 0 Å². The third-order valence-electron chi connectivity index (χ3n) is 0.400. The molecule has 0 radical (unpaired) electrons. The van der Waals surface area contributed by atoms with Crippen molar-refractivity contribution in [3.63, 3.8) is 0 Å². The Bertz CT molecular complexity index is 164. The molecule has 1 saturated heterocycles. The minimum atomic E-state index is -4.41. The Balaban J connectivity index is 0. The van der Waals surface area contributed by atoms with Crippen LogP contribution in [0, 0.1) is 0 Å². The Labute approximate surface area is 142 Å². The van der Waals surface area contributed by atoms with E-state index in [2.05, 4.69) is 8.62 Å². The second kappa shape index (κ2) is 5.45. The molecule has 0 bridgehead atoms. The third-order valence-corrected chi connectivity index (χ3v) is 3.60. The first-order valence-corrected chi connectivity index (χ1v) is 4.38. The van der Waals surface area contributed by atoms with Gasteiger partial charge in [0, 0.05) is 0 Å². The molecule has 0 aromatic heterocycles.